The van der Waals surface area contributed by atoms with E-state index < -0.39 is 0 Å². The fraction of sp³-hybridized carbons (Fsp3) is 0.500. The van der Waals surface area contributed by atoms with Crippen LogP contribution < -0.4 is 5.32 Å². The monoisotopic (exact) mass is 243 g/mol. The van der Waals surface area contributed by atoms with Crippen molar-refractivity contribution in [2.45, 2.75) is 31.3 Å². The molecule has 92 valence electrons. The number of likely N-dealkylation sites (tertiary alicyclic amines) is 1. The minimum atomic E-state index is 0.0295. The topological polar surface area (TPSA) is 81.9 Å². The highest BCUT2D eigenvalue weighted by molar-refractivity contribution is 5.80. The molecule has 2 fully saturated rings. The number of aromatic nitrogens is 2. The Morgan fingerprint density at radius 2 is 2.17 bits per heavy atom. The normalized spacial score (nSPS) is 22.9. The maximum absolute atomic E-state index is 11.8. The van der Waals surface area contributed by atoms with Crippen molar-refractivity contribution < 1.29 is 4.79 Å². The number of hydrogen-bond acceptors (Lipinski definition) is 5. The summed E-state index contributed by atoms with van der Waals surface area (Å²) in [5, 5.41) is 12.1. The standard InChI is InChI=1S/C12H13N5O/c13-6-10-12(15-4-3-14-10)16-8-5-11(18)17(7-8)9-1-2-9/h3-4,8-9H,1-2,5,7H2,(H,15,16). The van der Waals surface area contributed by atoms with Gasteiger partial charge in [-0.1, -0.05) is 0 Å². The summed E-state index contributed by atoms with van der Waals surface area (Å²) in [5.74, 6) is 0.660. The minimum absolute atomic E-state index is 0.0295. The molecule has 0 spiro atoms. The Labute approximate surface area is 105 Å². The average Bonchev–Trinajstić information content (AvgIpc) is 3.15. The van der Waals surface area contributed by atoms with Gasteiger partial charge < -0.3 is 10.2 Å². The van der Waals surface area contributed by atoms with E-state index in [9.17, 15) is 4.79 Å². The lowest BCUT2D eigenvalue weighted by atomic mass is 10.2. The highest BCUT2D eigenvalue weighted by atomic mass is 16.2. The maximum atomic E-state index is 11.8. The van der Waals surface area contributed by atoms with Crippen LogP contribution in [-0.2, 0) is 4.79 Å². The number of anilines is 1. The van der Waals surface area contributed by atoms with Crippen molar-refractivity contribution in [1.82, 2.24) is 14.9 Å². The number of rotatable bonds is 3. The molecule has 2 heterocycles. The molecule has 0 bridgehead atoms. The van der Waals surface area contributed by atoms with Crippen LogP contribution in [0.5, 0.6) is 0 Å². The van der Waals surface area contributed by atoms with Crippen molar-refractivity contribution in [2.24, 2.45) is 0 Å². The Bertz CT molecular complexity index is 519. The van der Waals surface area contributed by atoms with E-state index in [2.05, 4.69) is 15.3 Å². The SMILES string of the molecule is N#Cc1nccnc1NC1CC(=O)N(C2CC2)C1. The van der Waals surface area contributed by atoms with Gasteiger partial charge in [-0.25, -0.2) is 9.97 Å². The molecule has 1 aromatic heterocycles. The zero-order chi connectivity index (χ0) is 12.5. The molecule has 1 aromatic rings. The van der Waals surface area contributed by atoms with E-state index in [0.717, 1.165) is 12.8 Å². The van der Waals surface area contributed by atoms with E-state index in [-0.39, 0.29) is 17.6 Å². The Morgan fingerprint density at radius 3 is 2.89 bits per heavy atom. The fourth-order valence-corrected chi connectivity index (χ4v) is 2.29. The molecule has 1 saturated carbocycles. The second-order valence-electron chi connectivity index (χ2n) is 4.69. The van der Waals surface area contributed by atoms with Crippen LogP contribution in [0, 0.1) is 11.3 Å². The molecule has 1 N–H and O–H groups in total. The van der Waals surface area contributed by atoms with Gasteiger partial charge in [-0.05, 0) is 12.8 Å². The van der Waals surface area contributed by atoms with Crippen molar-refractivity contribution in [3.63, 3.8) is 0 Å². The van der Waals surface area contributed by atoms with Crippen LogP contribution in [0.1, 0.15) is 25.0 Å². The second-order valence-corrected chi connectivity index (χ2v) is 4.69. The zero-order valence-corrected chi connectivity index (χ0v) is 9.83. The molecule has 1 atom stereocenters. The molecule has 1 amide bonds. The van der Waals surface area contributed by atoms with Crippen molar-refractivity contribution in [3.8, 4) is 6.07 Å². The van der Waals surface area contributed by atoms with Crippen LogP contribution in [0.4, 0.5) is 5.82 Å². The van der Waals surface area contributed by atoms with Gasteiger partial charge in [0.25, 0.3) is 0 Å². The van der Waals surface area contributed by atoms with Gasteiger partial charge in [0.1, 0.15) is 6.07 Å². The van der Waals surface area contributed by atoms with Gasteiger partial charge in [-0.15, -0.1) is 0 Å². The van der Waals surface area contributed by atoms with E-state index in [1.165, 1.54) is 6.20 Å². The minimum Gasteiger partial charge on any atom is -0.363 e. The number of carbonyl (C=O) groups excluding carboxylic acids is 1. The number of nitrogens with zero attached hydrogens (tertiary/aromatic N) is 4. The number of nitrogens with one attached hydrogen (secondary N) is 1. The molecule has 1 unspecified atom stereocenters. The van der Waals surface area contributed by atoms with Gasteiger partial charge in [0.05, 0.1) is 6.04 Å². The van der Waals surface area contributed by atoms with Gasteiger partial charge in [-0.3, -0.25) is 4.79 Å². The lowest BCUT2D eigenvalue weighted by Gasteiger charge is -2.16. The molecule has 1 aliphatic heterocycles. The fourth-order valence-electron chi connectivity index (χ4n) is 2.29. The summed E-state index contributed by atoms with van der Waals surface area (Å²) < 4.78 is 0. The van der Waals surface area contributed by atoms with Crippen LogP contribution in [0.3, 0.4) is 0 Å². The second kappa shape index (κ2) is 4.26. The van der Waals surface area contributed by atoms with Crippen molar-refractivity contribution in [2.75, 3.05) is 11.9 Å². The first-order chi connectivity index (χ1) is 8.78. The highest BCUT2D eigenvalue weighted by Crippen LogP contribution is 2.31. The average molecular weight is 243 g/mol. The molecule has 0 aromatic carbocycles. The number of carbonyl (C=O) groups is 1. The van der Waals surface area contributed by atoms with Crippen LogP contribution in [0.25, 0.3) is 0 Å². The Kier molecular flexibility index (Phi) is 2.59. The van der Waals surface area contributed by atoms with Crippen LogP contribution >= 0.6 is 0 Å². The molecule has 1 saturated heterocycles. The molecule has 2 aliphatic rings. The summed E-state index contributed by atoms with van der Waals surface area (Å²) in [5.41, 5.74) is 0.273. The van der Waals surface area contributed by atoms with Crippen molar-refractivity contribution in [3.05, 3.63) is 18.1 Å². The number of amides is 1. The summed E-state index contributed by atoms with van der Waals surface area (Å²) in [6.45, 7) is 0.699. The van der Waals surface area contributed by atoms with Crippen molar-refractivity contribution in [1.29, 1.82) is 5.26 Å². The largest absolute Gasteiger partial charge is 0.363 e. The van der Waals surface area contributed by atoms with Crippen LogP contribution in [0.15, 0.2) is 12.4 Å². The highest BCUT2D eigenvalue weighted by Gasteiger charge is 2.39. The van der Waals surface area contributed by atoms with Gasteiger partial charge in [0.2, 0.25) is 5.91 Å². The first-order valence-corrected chi connectivity index (χ1v) is 6.05. The Hall–Kier alpha value is -2.16. The number of hydrogen-bond donors (Lipinski definition) is 1. The zero-order valence-electron chi connectivity index (χ0n) is 9.83. The predicted molar refractivity (Wildman–Crippen MR) is 63.5 cm³/mol. The van der Waals surface area contributed by atoms with Crippen LogP contribution in [0.2, 0.25) is 0 Å². The third kappa shape index (κ3) is 1.99. The summed E-state index contributed by atoms with van der Waals surface area (Å²) in [4.78, 5) is 21.8. The summed E-state index contributed by atoms with van der Waals surface area (Å²) in [7, 11) is 0. The van der Waals surface area contributed by atoms with E-state index in [0.29, 0.717) is 24.8 Å². The predicted octanol–water partition coefficient (Wildman–Crippen LogP) is 0.523. The summed E-state index contributed by atoms with van der Waals surface area (Å²) in [6.07, 6.45) is 5.73. The van der Waals surface area contributed by atoms with E-state index in [1.54, 1.807) is 6.20 Å². The smallest absolute Gasteiger partial charge is 0.225 e. The lowest BCUT2D eigenvalue weighted by molar-refractivity contribution is -0.128. The quantitative estimate of drug-likeness (QED) is 0.837. The van der Waals surface area contributed by atoms with E-state index in [1.807, 2.05) is 11.0 Å². The van der Waals surface area contributed by atoms with Gasteiger partial charge in [0, 0.05) is 31.4 Å². The first-order valence-electron chi connectivity index (χ1n) is 6.05. The van der Waals surface area contributed by atoms with Crippen molar-refractivity contribution >= 4 is 11.7 Å². The Balaban J connectivity index is 1.70. The molecule has 6 heteroatoms. The maximum Gasteiger partial charge on any atom is 0.225 e. The number of nitriles is 1. The summed E-state index contributed by atoms with van der Waals surface area (Å²) >= 11 is 0. The third-order valence-electron chi connectivity index (χ3n) is 3.29. The molecule has 18 heavy (non-hydrogen) atoms. The molecular weight excluding hydrogens is 230 g/mol. The lowest BCUT2D eigenvalue weighted by Crippen LogP contribution is -2.30. The van der Waals surface area contributed by atoms with Gasteiger partial charge in [0.15, 0.2) is 11.5 Å². The molecule has 3 rings (SSSR count). The van der Waals surface area contributed by atoms with E-state index in [4.69, 9.17) is 5.26 Å². The molecule has 1 aliphatic carbocycles. The molecule has 6 nitrogen and oxygen atoms in total. The van der Waals surface area contributed by atoms with E-state index >= 15 is 0 Å². The third-order valence-corrected chi connectivity index (χ3v) is 3.29. The van der Waals surface area contributed by atoms with Gasteiger partial charge in [-0.2, -0.15) is 5.26 Å². The Morgan fingerprint density at radius 1 is 1.39 bits per heavy atom. The first kappa shape index (κ1) is 11.0. The molecule has 0 radical (unpaired) electrons. The van der Waals surface area contributed by atoms with Gasteiger partial charge >= 0.3 is 0 Å². The molecular formula is C12H13N5O. The van der Waals surface area contributed by atoms with Crippen LogP contribution in [-0.4, -0.2) is 39.4 Å². The summed E-state index contributed by atoms with van der Waals surface area (Å²) in [6, 6.07) is 2.47.